The van der Waals surface area contributed by atoms with Crippen molar-refractivity contribution in [2.45, 2.75) is 32.2 Å². The number of benzene rings is 1. The highest BCUT2D eigenvalue weighted by Crippen LogP contribution is 2.20. The number of hydrogen-bond acceptors (Lipinski definition) is 4. The van der Waals surface area contributed by atoms with Gasteiger partial charge in [0.1, 0.15) is 5.75 Å². The molecule has 0 saturated carbocycles. The predicted octanol–water partition coefficient (Wildman–Crippen LogP) is 1.92. The Kier molecular flexibility index (Phi) is 9.44. The van der Waals surface area contributed by atoms with Crippen LogP contribution >= 0.6 is 12.4 Å². The topological polar surface area (TPSA) is 75.9 Å². The zero-order chi connectivity index (χ0) is 18.2. The number of ether oxygens (including phenoxy) is 1. The van der Waals surface area contributed by atoms with Crippen molar-refractivity contribution in [3.8, 4) is 5.75 Å². The first-order chi connectivity index (χ1) is 12.0. The fourth-order valence-corrected chi connectivity index (χ4v) is 2.97. The Balaban J connectivity index is 0.00000338. The highest BCUT2D eigenvalue weighted by atomic mass is 35.5. The van der Waals surface area contributed by atoms with Crippen molar-refractivity contribution in [1.29, 1.82) is 0 Å². The van der Waals surface area contributed by atoms with E-state index in [0.29, 0.717) is 45.5 Å². The van der Waals surface area contributed by atoms with E-state index in [1.54, 1.807) is 11.9 Å². The Morgan fingerprint density at radius 1 is 1.27 bits per heavy atom. The van der Waals surface area contributed by atoms with Crippen molar-refractivity contribution >= 4 is 24.2 Å². The van der Waals surface area contributed by atoms with Gasteiger partial charge in [-0.3, -0.25) is 9.59 Å². The van der Waals surface area contributed by atoms with Crippen LogP contribution in [-0.2, 0) is 9.59 Å². The van der Waals surface area contributed by atoms with E-state index in [1.807, 2.05) is 42.2 Å². The van der Waals surface area contributed by atoms with Crippen molar-refractivity contribution in [2.75, 3.05) is 33.3 Å². The highest BCUT2D eigenvalue weighted by molar-refractivity contribution is 5.85. The second-order valence-electron chi connectivity index (χ2n) is 6.60. The normalized spacial score (nSPS) is 15.7. The van der Waals surface area contributed by atoms with E-state index in [0.717, 1.165) is 5.75 Å². The van der Waals surface area contributed by atoms with Gasteiger partial charge in [-0.2, -0.15) is 0 Å². The summed E-state index contributed by atoms with van der Waals surface area (Å²) in [6.45, 7) is 4.04. The third-order valence-electron chi connectivity index (χ3n) is 4.87. The second kappa shape index (κ2) is 11.0. The maximum absolute atomic E-state index is 12.5. The molecule has 1 aliphatic heterocycles. The molecule has 1 aliphatic rings. The van der Waals surface area contributed by atoms with E-state index in [9.17, 15) is 9.59 Å². The molecule has 0 bridgehead atoms. The van der Waals surface area contributed by atoms with Gasteiger partial charge in [0, 0.05) is 38.6 Å². The minimum atomic E-state index is -0.0105. The van der Waals surface area contributed by atoms with Crippen LogP contribution in [0.5, 0.6) is 5.75 Å². The Morgan fingerprint density at radius 2 is 1.88 bits per heavy atom. The van der Waals surface area contributed by atoms with E-state index in [1.165, 1.54) is 0 Å². The lowest BCUT2D eigenvalue weighted by atomic mass is 9.94. The molecule has 7 heteroatoms. The number of rotatable bonds is 7. The van der Waals surface area contributed by atoms with Gasteiger partial charge >= 0.3 is 0 Å². The first-order valence-corrected chi connectivity index (χ1v) is 8.95. The number of carbonyl (C=O) groups is 2. The number of likely N-dealkylation sites (N-methyl/N-ethyl adjacent to an activating group) is 1. The van der Waals surface area contributed by atoms with Crippen LogP contribution in [0.15, 0.2) is 30.3 Å². The first kappa shape index (κ1) is 22.3. The average Bonchev–Trinajstić information content (AvgIpc) is 2.67. The molecule has 2 N–H and O–H groups in total. The summed E-state index contributed by atoms with van der Waals surface area (Å²) in [7, 11) is 1.80. The quantitative estimate of drug-likeness (QED) is 0.780. The lowest BCUT2D eigenvalue weighted by Gasteiger charge is -2.34. The molecule has 146 valence electrons. The molecule has 0 spiro atoms. The van der Waals surface area contributed by atoms with Gasteiger partial charge in [-0.15, -0.1) is 12.4 Å². The summed E-state index contributed by atoms with van der Waals surface area (Å²) in [6, 6.07) is 9.53. The van der Waals surface area contributed by atoms with Crippen LogP contribution in [0, 0.1) is 5.92 Å². The first-order valence-electron chi connectivity index (χ1n) is 8.95. The van der Waals surface area contributed by atoms with Gasteiger partial charge in [0.05, 0.1) is 13.0 Å². The minimum Gasteiger partial charge on any atom is -0.493 e. The lowest BCUT2D eigenvalue weighted by Crippen LogP contribution is -2.47. The van der Waals surface area contributed by atoms with E-state index < -0.39 is 0 Å². The molecule has 2 rings (SSSR count). The van der Waals surface area contributed by atoms with Crippen molar-refractivity contribution < 1.29 is 14.3 Å². The van der Waals surface area contributed by atoms with Gasteiger partial charge in [0.25, 0.3) is 0 Å². The molecular weight excluding hydrogens is 354 g/mol. The number of nitrogens with two attached hydrogens (primary N) is 1. The molecule has 1 heterocycles. The number of carbonyl (C=O) groups excluding carboxylic acids is 2. The van der Waals surface area contributed by atoms with E-state index in [4.69, 9.17) is 10.5 Å². The molecule has 1 saturated heterocycles. The summed E-state index contributed by atoms with van der Waals surface area (Å²) in [6.07, 6.45) is 1.79. The van der Waals surface area contributed by atoms with E-state index >= 15 is 0 Å². The van der Waals surface area contributed by atoms with E-state index in [2.05, 4.69) is 0 Å². The molecule has 2 amide bonds. The summed E-state index contributed by atoms with van der Waals surface area (Å²) in [5.41, 5.74) is 5.63. The maximum atomic E-state index is 12.5. The van der Waals surface area contributed by atoms with E-state index in [-0.39, 0.29) is 36.2 Å². The summed E-state index contributed by atoms with van der Waals surface area (Å²) < 4.78 is 5.58. The molecule has 0 radical (unpaired) electrons. The van der Waals surface area contributed by atoms with Gasteiger partial charge in [0.2, 0.25) is 11.8 Å². The van der Waals surface area contributed by atoms with Gasteiger partial charge < -0.3 is 20.3 Å². The van der Waals surface area contributed by atoms with Gasteiger partial charge in [-0.05, 0) is 31.9 Å². The summed E-state index contributed by atoms with van der Waals surface area (Å²) in [4.78, 5) is 28.3. The Bertz CT molecular complexity index is 562. The summed E-state index contributed by atoms with van der Waals surface area (Å²) in [5.74, 6) is 0.989. The fourth-order valence-electron chi connectivity index (χ4n) is 2.97. The van der Waals surface area contributed by atoms with Gasteiger partial charge in [-0.1, -0.05) is 18.2 Å². The number of piperidine rings is 1. The van der Waals surface area contributed by atoms with Crippen molar-refractivity contribution in [2.24, 2.45) is 11.7 Å². The Morgan fingerprint density at radius 3 is 2.46 bits per heavy atom. The fraction of sp³-hybridized carbons (Fsp3) is 0.579. The van der Waals surface area contributed by atoms with Crippen LogP contribution in [0.25, 0.3) is 0 Å². The number of para-hydroxylation sites is 1. The van der Waals surface area contributed by atoms with Gasteiger partial charge in [0.15, 0.2) is 0 Å². The maximum Gasteiger partial charge on any atom is 0.225 e. The molecular formula is C19H30ClN3O3. The highest BCUT2D eigenvalue weighted by Gasteiger charge is 2.30. The SMILES string of the molecule is CC(CN)N(C)C(=O)C1CCN(C(=O)CCOc2ccccc2)CC1.Cl. The molecule has 0 aromatic heterocycles. The molecule has 26 heavy (non-hydrogen) atoms. The summed E-state index contributed by atoms with van der Waals surface area (Å²) >= 11 is 0. The number of halogens is 1. The average molecular weight is 384 g/mol. The molecule has 6 nitrogen and oxygen atoms in total. The summed E-state index contributed by atoms with van der Waals surface area (Å²) in [5, 5.41) is 0. The van der Waals surface area contributed by atoms with Crippen molar-refractivity contribution in [3.63, 3.8) is 0 Å². The zero-order valence-electron chi connectivity index (χ0n) is 15.6. The van der Waals surface area contributed by atoms with Crippen LogP contribution in [-0.4, -0.2) is 60.9 Å². The van der Waals surface area contributed by atoms with Gasteiger partial charge in [-0.25, -0.2) is 0 Å². The molecule has 1 atom stereocenters. The third-order valence-corrected chi connectivity index (χ3v) is 4.87. The number of likely N-dealkylation sites (tertiary alicyclic amines) is 1. The monoisotopic (exact) mass is 383 g/mol. The minimum absolute atomic E-state index is 0. The van der Waals surface area contributed by atoms with Crippen LogP contribution in [0.2, 0.25) is 0 Å². The molecule has 1 unspecified atom stereocenters. The van der Waals surface area contributed by atoms with Crippen LogP contribution in [0.1, 0.15) is 26.2 Å². The third kappa shape index (κ3) is 6.18. The van der Waals surface area contributed by atoms with Crippen molar-refractivity contribution in [1.82, 2.24) is 9.80 Å². The smallest absolute Gasteiger partial charge is 0.225 e. The molecule has 0 aliphatic carbocycles. The molecule has 1 aromatic carbocycles. The Hall–Kier alpha value is -1.79. The zero-order valence-corrected chi connectivity index (χ0v) is 16.4. The van der Waals surface area contributed by atoms with Crippen LogP contribution < -0.4 is 10.5 Å². The number of hydrogen-bond donors (Lipinski definition) is 1. The predicted molar refractivity (Wildman–Crippen MR) is 104 cm³/mol. The number of nitrogens with zero attached hydrogens (tertiary/aromatic N) is 2. The molecule has 1 fully saturated rings. The van der Waals surface area contributed by atoms with Crippen LogP contribution in [0.4, 0.5) is 0 Å². The Labute approximate surface area is 162 Å². The second-order valence-corrected chi connectivity index (χ2v) is 6.60. The lowest BCUT2D eigenvalue weighted by molar-refractivity contribution is -0.141. The number of amides is 2. The molecule has 1 aromatic rings. The standard InChI is InChI=1S/C19H29N3O3.ClH/c1-15(14-20)21(2)19(24)16-8-11-22(12-9-16)18(23)10-13-25-17-6-4-3-5-7-17;/h3-7,15-16H,8-14,20H2,1-2H3;1H. The van der Waals surface area contributed by atoms with Crippen LogP contribution in [0.3, 0.4) is 0 Å². The van der Waals surface area contributed by atoms with Crippen molar-refractivity contribution in [3.05, 3.63) is 30.3 Å². The largest absolute Gasteiger partial charge is 0.493 e.